The van der Waals surface area contributed by atoms with Crippen molar-refractivity contribution in [1.29, 1.82) is 0 Å². The molecule has 0 spiro atoms. The Balaban J connectivity index is 1.47. The summed E-state index contributed by atoms with van der Waals surface area (Å²) in [6.07, 6.45) is 7.39. The van der Waals surface area contributed by atoms with E-state index < -0.39 is 0 Å². The molecule has 1 aromatic rings. The smallest absolute Gasteiger partial charge is 0.317 e. The van der Waals surface area contributed by atoms with Gasteiger partial charge in [-0.15, -0.1) is 0 Å². The van der Waals surface area contributed by atoms with E-state index in [9.17, 15) is 4.79 Å². The Kier molecular flexibility index (Phi) is 4.72. The first kappa shape index (κ1) is 15.0. The SMILES string of the molecule is C[C@H](NC(=O)N1CCN(c2cnccn2)CC1)[C@@H]1CCCO1. The van der Waals surface area contributed by atoms with Gasteiger partial charge >= 0.3 is 6.03 Å². The van der Waals surface area contributed by atoms with Crippen molar-refractivity contribution in [3.05, 3.63) is 18.6 Å². The third-order valence-corrected chi connectivity index (χ3v) is 4.31. The Morgan fingerprint density at radius 2 is 2.18 bits per heavy atom. The number of carbonyl (C=O) groups excluding carboxylic acids is 1. The summed E-state index contributed by atoms with van der Waals surface area (Å²) in [5.74, 6) is 0.871. The number of nitrogens with zero attached hydrogens (tertiary/aromatic N) is 4. The molecule has 2 saturated heterocycles. The predicted octanol–water partition coefficient (Wildman–Crippen LogP) is 0.876. The fourth-order valence-corrected chi connectivity index (χ4v) is 2.97. The van der Waals surface area contributed by atoms with Gasteiger partial charge in [-0.25, -0.2) is 9.78 Å². The predicted molar refractivity (Wildman–Crippen MR) is 82.8 cm³/mol. The van der Waals surface area contributed by atoms with Gasteiger partial charge in [0.25, 0.3) is 0 Å². The average Bonchev–Trinajstić information content (AvgIpc) is 3.10. The third kappa shape index (κ3) is 3.47. The highest BCUT2D eigenvalue weighted by atomic mass is 16.5. The molecule has 2 fully saturated rings. The van der Waals surface area contributed by atoms with Crippen molar-refractivity contribution in [2.45, 2.75) is 31.9 Å². The van der Waals surface area contributed by atoms with E-state index in [1.54, 1.807) is 18.6 Å². The van der Waals surface area contributed by atoms with Gasteiger partial charge in [-0.2, -0.15) is 0 Å². The lowest BCUT2D eigenvalue weighted by Gasteiger charge is -2.36. The van der Waals surface area contributed by atoms with Gasteiger partial charge in [0.1, 0.15) is 5.82 Å². The van der Waals surface area contributed by atoms with Crippen LogP contribution < -0.4 is 10.2 Å². The van der Waals surface area contributed by atoms with E-state index in [0.717, 1.165) is 38.4 Å². The van der Waals surface area contributed by atoms with Crippen LogP contribution in [0.25, 0.3) is 0 Å². The van der Waals surface area contributed by atoms with Crippen LogP contribution in [0.2, 0.25) is 0 Å². The van der Waals surface area contributed by atoms with E-state index in [1.807, 2.05) is 11.8 Å². The molecule has 0 aromatic carbocycles. The van der Waals surface area contributed by atoms with Crippen LogP contribution in [-0.2, 0) is 4.74 Å². The molecule has 0 radical (unpaired) electrons. The van der Waals surface area contributed by atoms with Gasteiger partial charge in [-0.3, -0.25) is 4.98 Å². The maximum atomic E-state index is 12.3. The van der Waals surface area contributed by atoms with Gasteiger partial charge < -0.3 is 19.9 Å². The summed E-state index contributed by atoms with van der Waals surface area (Å²) in [5.41, 5.74) is 0. The van der Waals surface area contributed by atoms with Crippen molar-refractivity contribution in [3.8, 4) is 0 Å². The first-order valence-corrected chi connectivity index (χ1v) is 7.92. The molecule has 22 heavy (non-hydrogen) atoms. The summed E-state index contributed by atoms with van der Waals surface area (Å²) < 4.78 is 5.62. The van der Waals surface area contributed by atoms with Crippen molar-refractivity contribution in [1.82, 2.24) is 20.2 Å². The molecule has 3 heterocycles. The number of ether oxygens (including phenoxy) is 1. The van der Waals surface area contributed by atoms with Crippen molar-refractivity contribution < 1.29 is 9.53 Å². The van der Waals surface area contributed by atoms with E-state index in [0.29, 0.717) is 13.1 Å². The zero-order valence-corrected chi connectivity index (χ0v) is 12.9. The van der Waals surface area contributed by atoms with Crippen LogP contribution in [0.5, 0.6) is 0 Å². The van der Waals surface area contributed by atoms with Gasteiger partial charge in [0.05, 0.1) is 18.3 Å². The van der Waals surface area contributed by atoms with Crippen LogP contribution in [0, 0.1) is 0 Å². The first-order chi connectivity index (χ1) is 10.7. The summed E-state index contributed by atoms with van der Waals surface area (Å²) in [4.78, 5) is 24.7. The molecule has 7 heteroatoms. The topological polar surface area (TPSA) is 70.6 Å². The van der Waals surface area contributed by atoms with Crippen molar-refractivity contribution in [2.75, 3.05) is 37.7 Å². The van der Waals surface area contributed by atoms with Crippen LogP contribution >= 0.6 is 0 Å². The second kappa shape index (κ2) is 6.91. The fraction of sp³-hybridized carbons (Fsp3) is 0.667. The molecular formula is C15H23N5O2. The number of nitrogens with one attached hydrogen (secondary N) is 1. The normalized spacial score (nSPS) is 23.4. The molecule has 0 saturated carbocycles. The minimum absolute atomic E-state index is 0.00166. The number of hydrogen-bond acceptors (Lipinski definition) is 5. The quantitative estimate of drug-likeness (QED) is 0.897. The highest BCUT2D eigenvalue weighted by molar-refractivity contribution is 5.75. The molecule has 0 bridgehead atoms. The molecule has 3 rings (SSSR count). The zero-order chi connectivity index (χ0) is 15.4. The number of rotatable bonds is 3. The van der Waals surface area contributed by atoms with E-state index in [-0.39, 0.29) is 18.2 Å². The molecule has 1 aromatic heterocycles. The second-order valence-corrected chi connectivity index (χ2v) is 5.83. The maximum absolute atomic E-state index is 12.3. The van der Waals surface area contributed by atoms with E-state index >= 15 is 0 Å². The van der Waals surface area contributed by atoms with Crippen LogP contribution in [0.15, 0.2) is 18.6 Å². The summed E-state index contributed by atoms with van der Waals surface area (Å²) in [7, 11) is 0. The van der Waals surface area contributed by atoms with Gasteiger partial charge in [0.15, 0.2) is 0 Å². The summed E-state index contributed by atoms with van der Waals surface area (Å²) in [6, 6.07) is 0.0646. The van der Waals surface area contributed by atoms with Gasteiger partial charge in [0, 0.05) is 45.2 Å². The van der Waals surface area contributed by atoms with Gasteiger partial charge in [0.2, 0.25) is 0 Å². The number of amides is 2. The van der Waals surface area contributed by atoms with Crippen LogP contribution in [0.3, 0.4) is 0 Å². The highest BCUT2D eigenvalue weighted by Gasteiger charge is 2.27. The van der Waals surface area contributed by atoms with Crippen LogP contribution in [-0.4, -0.2) is 65.8 Å². The molecule has 0 aliphatic carbocycles. The van der Waals surface area contributed by atoms with Crippen molar-refractivity contribution >= 4 is 11.8 Å². The summed E-state index contributed by atoms with van der Waals surface area (Å²) in [6.45, 7) is 5.77. The number of aromatic nitrogens is 2. The lowest BCUT2D eigenvalue weighted by molar-refractivity contribution is 0.0831. The standard InChI is InChI=1S/C15H23N5O2/c1-12(13-3-2-10-22-13)18-15(21)20-8-6-19(7-9-20)14-11-16-4-5-17-14/h4-5,11-13H,2-3,6-10H2,1H3,(H,18,21)/t12-,13-/m0/s1. The summed E-state index contributed by atoms with van der Waals surface area (Å²) >= 11 is 0. The Morgan fingerprint density at radius 3 is 2.82 bits per heavy atom. The molecule has 2 amide bonds. The molecule has 7 nitrogen and oxygen atoms in total. The highest BCUT2D eigenvalue weighted by Crippen LogP contribution is 2.16. The number of piperazine rings is 1. The first-order valence-electron chi connectivity index (χ1n) is 7.92. The van der Waals surface area contributed by atoms with E-state index in [1.165, 1.54) is 0 Å². The molecule has 2 aliphatic heterocycles. The molecule has 120 valence electrons. The second-order valence-electron chi connectivity index (χ2n) is 5.83. The number of carbonyl (C=O) groups is 1. The third-order valence-electron chi connectivity index (χ3n) is 4.31. The molecule has 0 unspecified atom stereocenters. The summed E-state index contributed by atoms with van der Waals surface area (Å²) in [5, 5.41) is 3.06. The average molecular weight is 305 g/mol. The number of anilines is 1. The fourth-order valence-electron chi connectivity index (χ4n) is 2.97. The number of urea groups is 1. The Bertz CT molecular complexity index is 484. The Labute approximate surface area is 130 Å². The zero-order valence-electron chi connectivity index (χ0n) is 12.9. The van der Waals surface area contributed by atoms with Crippen molar-refractivity contribution in [2.24, 2.45) is 0 Å². The van der Waals surface area contributed by atoms with Crippen molar-refractivity contribution in [3.63, 3.8) is 0 Å². The molecule has 2 atom stereocenters. The minimum Gasteiger partial charge on any atom is -0.376 e. The lowest BCUT2D eigenvalue weighted by atomic mass is 10.1. The number of hydrogen-bond donors (Lipinski definition) is 1. The van der Waals surface area contributed by atoms with Gasteiger partial charge in [-0.1, -0.05) is 0 Å². The minimum atomic E-state index is 0.00166. The van der Waals surface area contributed by atoms with Crippen LogP contribution in [0.4, 0.5) is 10.6 Å². The monoisotopic (exact) mass is 305 g/mol. The van der Waals surface area contributed by atoms with E-state index in [2.05, 4.69) is 20.2 Å². The van der Waals surface area contributed by atoms with Crippen LogP contribution in [0.1, 0.15) is 19.8 Å². The molecule has 1 N–H and O–H groups in total. The maximum Gasteiger partial charge on any atom is 0.317 e. The largest absolute Gasteiger partial charge is 0.376 e. The Hall–Kier alpha value is -1.89. The molecular weight excluding hydrogens is 282 g/mol. The Morgan fingerprint density at radius 1 is 1.36 bits per heavy atom. The lowest BCUT2D eigenvalue weighted by Crippen LogP contribution is -2.54. The van der Waals surface area contributed by atoms with E-state index in [4.69, 9.17) is 4.74 Å². The molecule has 2 aliphatic rings. The van der Waals surface area contributed by atoms with Gasteiger partial charge in [-0.05, 0) is 19.8 Å².